The number of H-pyrrole nitrogens is 1. The second kappa shape index (κ2) is 6.56. The number of carboxylic acid groups (broad SMARTS) is 1. The molecule has 1 aliphatic heterocycles. The first-order valence-electron chi connectivity index (χ1n) is 8.37. The van der Waals surface area contributed by atoms with Gasteiger partial charge in [0.05, 0.1) is 0 Å². The molecule has 6 heteroatoms. The summed E-state index contributed by atoms with van der Waals surface area (Å²) in [6.45, 7) is 0.395. The first-order valence-corrected chi connectivity index (χ1v) is 8.37. The van der Waals surface area contributed by atoms with Crippen molar-refractivity contribution in [2.24, 2.45) is 0 Å². The minimum Gasteiger partial charge on any atom is -0.480 e. The molecule has 0 radical (unpaired) electrons. The fourth-order valence-corrected chi connectivity index (χ4v) is 3.60. The Morgan fingerprint density at radius 2 is 1.91 bits per heavy atom. The number of carbonyl (C=O) groups is 2. The number of carboxylic acids is 1. The predicted molar refractivity (Wildman–Crippen MR) is 84.6 cm³/mol. The average molecular weight is 318 g/mol. The minimum absolute atomic E-state index is 0.0822. The SMILES string of the molecule is O=C(O)C1CCCCN1C(=O)c1cc2c([nH]c1=O)CCCCC2. The lowest BCUT2D eigenvalue weighted by Crippen LogP contribution is -2.49. The Kier molecular flexibility index (Phi) is 4.50. The fraction of sp³-hybridized carbons (Fsp3) is 0.588. The van der Waals surface area contributed by atoms with Gasteiger partial charge in [-0.25, -0.2) is 4.79 Å². The van der Waals surface area contributed by atoms with Gasteiger partial charge < -0.3 is 15.0 Å². The zero-order chi connectivity index (χ0) is 16.4. The Bertz CT molecular complexity index is 680. The molecule has 1 aromatic heterocycles. The smallest absolute Gasteiger partial charge is 0.326 e. The van der Waals surface area contributed by atoms with Crippen molar-refractivity contribution in [1.29, 1.82) is 0 Å². The second-order valence-electron chi connectivity index (χ2n) is 6.42. The normalized spacial score (nSPS) is 21.4. The van der Waals surface area contributed by atoms with E-state index in [2.05, 4.69) is 4.98 Å². The van der Waals surface area contributed by atoms with Crippen LogP contribution in [0.25, 0.3) is 0 Å². The van der Waals surface area contributed by atoms with Gasteiger partial charge in [0, 0.05) is 12.2 Å². The van der Waals surface area contributed by atoms with Crippen LogP contribution in [0.1, 0.15) is 60.1 Å². The molecule has 23 heavy (non-hydrogen) atoms. The average Bonchev–Trinajstić information content (AvgIpc) is 2.78. The fourth-order valence-electron chi connectivity index (χ4n) is 3.60. The van der Waals surface area contributed by atoms with Crippen molar-refractivity contribution in [3.05, 3.63) is 33.2 Å². The molecule has 1 amide bonds. The highest BCUT2D eigenvalue weighted by molar-refractivity contribution is 5.96. The first kappa shape index (κ1) is 15.8. The molecule has 124 valence electrons. The maximum absolute atomic E-state index is 12.7. The monoisotopic (exact) mass is 318 g/mol. The number of fused-ring (bicyclic) bond motifs is 1. The zero-order valence-electron chi connectivity index (χ0n) is 13.1. The molecule has 3 rings (SSSR count). The summed E-state index contributed by atoms with van der Waals surface area (Å²) in [5, 5.41) is 9.32. The first-order chi connectivity index (χ1) is 11.1. The van der Waals surface area contributed by atoms with Crippen LogP contribution in [0.2, 0.25) is 0 Å². The molecule has 1 atom stereocenters. The largest absolute Gasteiger partial charge is 0.480 e. The summed E-state index contributed by atoms with van der Waals surface area (Å²) < 4.78 is 0. The molecule has 0 bridgehead atoms. The summed E-state index contributed by atoms with van der Waals surface area (Å²) >= 11 is 0. The van der Waals surface area contributed by atoms with Crippen molar-refractivity contribution in [2.75, 3.05) is 6.54 Å². The molecule has 0 aromatic carbocycles. The van der Waals surface area contributed by atoms with Gasteiger partial charge >= 0.3 is 5.97 Å². The molecule has 0 spiro atoms. The summed E-state index contributed by atoms with van der Waals surface area (Å²) in [7, 11) is 0. The van der Waals surface area contributed by atoms with Gasteiger partial charge in [0.15, 0.2) is 0 Å². The number of likely N-dealkylation sites (tertiary alicyclic amines) is 1. The van der Waals surface area contributed by atoms with Crippen LogP contribution < -0.4 is 5.56 Å². The topological polar surface area (TPSA) is 90.5 Å². The van der Waals surface area contributed by atoms with Gasteiger partial charge in [-0.1, -0.05) is 6.42 Å². The molecule has 2 aliphatic rings. The number of nitrogens with zero attached hydrogens (tertiary/aromatic N) is 1. The van der Waals surface area contributed by atoms with Crippen molar-refractivity contribution in [3.8, 4) is 0 Å². The molecule has 0 saturated carbocycles. The van der Waals surface area contributed by atoms with E-state index in [0.717, 1.165) is 56.2 Å². The number of carbonyl (C=O) groups excluding carboxylic acids is 1. The van der Waals surface area contributed by atoms with Gasteiger partial charge in [-0.15, -0.1) is 0 Å². The standard InChI is InChI=1S/C17H22N2O4/c20-15-12(10-11-6-2-1-3-7-13(11)18-15)16(21)19-9-5-4-8-14(19)17(22)23/h10,14H,1-9H2,(H,18,20)(H,22,23). The van der Waals surface area contributed by atoms with E-state index in [1.165, 1.54) is 4.90 Å². The summed E-state index contributed by atoms with van der Waals surface area (Å²) in [6, 6.07) is 0.865. The Morgan fingerprint density at radius 3 is 2.70 bits per heavy atom. The van der Waals surface area contributed by atoms with E-state index in [1.54, 1.807) is 6.07 Å². The number of aromatic nitrogens is 1. The van der Waals surface area contributed by atoms with Crippen molar-refractivity contribution >= 4 is 11.9 Å². The number of piperidine rings is 1. The van der Waals surface area contributed by atoms with Gasteiger partial charge in [-0.05, 0) is 56.6 Å². The molecule has 2 N–H and O–H groups in total. The van der Waals surface area contributed by atoms with Gasteiger partial charge in [-0.2, -0.15) is 0 Å². The van der Waals surface area contributed by atoms with Crippen LogP contribution in [-0.4, -0.2) is 39.5 Å². The van der Waals surface area contributed by atoms with Crippen molar-refractivity contribution < 1.29 is 14.7 Å². The molecular weight excluding hydrogens is 296 g/mol. The predicted octanol–water partition coefficient (Wildman–Crippen LogP) is 1.72. The molecule has 1 unspecified atom stereocenters. The van der Waals surface area contributed by atoms with E-state index in [4.69, 9.17) is 0 Å². The number of hydrogen-bond acceptors (Lipinski definition) is 3. The highest BCUT2D eigenvalue weighted by atomic mass is 16.4. The number of amides is 1. The number of aryl methyl sites for hydroxylation is 2. The third-order valence-corrected chi connectivity index (χ3v) is 4.87. The van der Waals surface area contributed by atoms with Crippen LogP contribution in [0.5, 0.6) is 0 Å². The Hall–Kier alpha value is -2.11. The van der Waals surface area contributed by atoms with Gasteiger partial charge in [-0.3, -0.25) is 9.59 Å². The third kappa shape index (κ3) is 3.16. The molecule has 1 saturated heterocycles. The summed E-state index contributed by atoms with van der Waals surface area (Å²) in [4.78, 5) is 40.6. The van der Waals surface area contributed by atoms with Gasteiger partial charge in [0.2, 0.25) is 0 Å². The minimum atomic E-state index is -0.996. The highest BCUT2D eigenvalue weighted by Crippen LogP contribution is 2.22. The second-order valence-corrected chi connectivity index (χ2v) is 6.42. The van der Waals surface area contributed by atoms with Crippen LogP contribution in [-0.2, 0) is 17.6 Å². The van der Waals surface area contributed by atoms with Gasteiger partial charge in [0.25, 0.3) is 11.5 Å². The Balaban J connectivity index is 1.94. The van der Waals surface area contributed by atoms with Crippen molar-refractivity contribution in [2.45, 2.75) is 57.4 Å². The number of hydrogen-bond donors (Lipinski definition) is 2. The van der Waals surface area contributed by atoms with E-state index in [1.807, 2.05) is 0 Å². The number of nitrogens with one attached hydrogen (secondary N) is 1. The third-order valence-electron chi connectivity index (χ3n) is 4.87. The van der Waals surface area contributed by atoms with Crippen molar-refractivity contribution in [1.82, 2.24) is 9.88 Å². The Labute approximate surface area is 134 Å². The van der Waals surface area contributed by atoms with Crippen molar-refractivity contribution in [3.63, 3.8) is 0 Å². The number of pyridine rings is 1. The van der Waals surface area contributed by atoms with Crippen LogP contribution in [0.4, 0.5) is 0 Å². The van der Waals surface area contributed by atoms with E-state index >= 15 is 0 Å². The van der Waals surface area contributed by atoms with Crippen LogP contribution in [0, 0.1) is 0 Å². The molecule has 1 fully saturated rings. The number of rotatable bonds is 2. The van der Waals surface area contributed by atoms with E-state index in [0.29, 0.717) is 13.0 Å². The van der Waals surface area contributed by atoms with Crippen LogP contribution in [0.15, 0.2) is 10.9 Å². The van der Waals surface area contributed by atoms with Crippen LogP contribution in [0.3, 0.4) is 0 Å². The zero-order valence-corrected chi connectivity index (χ0v) is 13.1. The quantitative estimate of drug-likeness (QED) is 0.812. The summed E-state index contributed by atoms with van der Waals surface area (Å²) in [6.07, 6.45) is 6.92. The molecule has 2 heterocycles. The Morgan fingerprint density at radius 1 is 1.13 bits per heavy atom. The van der Waals surface area contributed by atoms with Gasteiger partial charge in [0.1, 0.15) is 11.6 Å². The lowest BCUT2D eigenvalue weighted by atomic mass is 10.00. The molecule has 6 nitrogen and oxygen atoms in total. The maximum Gasteiger partial charge on any atom is 0.326 e. The van der Waals surface area contributed by atoms with Crippen LogP contribution >= 0.6 is 0 Å². The number of aliphatic carboxylic acids is 1. The molecular formula is C17H22N2O4. The number of aromatic amines is 1. The molecule has 1 aliphatic carbocycles. The van der Waals surface area contributed by atoms with E-state index < -0.39 is 23.5 Å². The lowest BCUT2D eigenvalue weighted by Gasteiger charge is -2.32. The summed E-state index contributed by atoms with van der Waals surface area (Å²) in [5.74, 6) is -1.45. The lowest BCUT2D eigenvalue weighted by molar-refractivity contribution is -0.143. The summed E-state index contributed by atoms with van der Waals surface area (Å²) in [5.41, 5.74) is 1.64. The van der Waals surface area contributed by atoms with E-state index in [-0.39, 0.29) is 5.56 Å². The molecule has 1 aromatic rings. The maximum atomic E-state index is 12.7. The van der Waals surface area contributed by atoms with E-state index in [9.17, 15) is 19.5 Å². The highest BCUT2D eigenvalue weighted by Gasteiger charge is 2.33.